The van der Waals surface area contributed by atoms with E-state index in [-0.39, 0.29) is 0 Å². The number of nitrogen functional groups attached to an aromatic ring is 1. The second kappa shape index (κ2) is 6.01. The van der Waals surface area contributed by atoms with Crippen LogP contribution >= 0.6 is 11.8 Å². The maximum Gasteiger partial charge on any atom is 0.340 e. The molecule has 104 valence electrons. The van der Waals surface area contributed by atoms with E-state index in [1.54, 1.807) is 17.8 Å². The number of carbonyl (C=O) groups excluding carboxylic acids is 1. The van der Waals surface area contributed by atoms with E-state index >= 15 is 0 Å². The SMILES string of the molecule is COC(=O)c1cc(Sc2ccc(C)cc2)cc(C)c1N. The van der Waals surface area contributed by atoms with Crippen LogP contribution in [-0.4, -0.2) is 13.1 Å². The van der Waals surface area contributed by atoms with Crippen molar-refractivity contribution in [2.45, 2.75) is 23.6 Å². The molecule has 0 atom stereocenters. The van der Waals surface area contributed by atoms with Crippen molar-refractivity contribution in [3.05, 3.63) is 53.1 Å². The molecule has 4 heteroatoms. The van der Waals surface area contributed by atoms with E-state index in [2.05, 4.69) is 31.2 Å². The van der Waals surface area contributed by atoms with Gasteiger partial charge in [0.1, 0.15) is 0 Å². The second-order valence-electron chi connectivity index (χ2n) is 4.61. The number of aryl methyl sites for hydroxylation is 2. The lowest BCUT2D eigenvalue weighted by molar-refractivity contribution is 0.0601. The number of methoxy groups -OCH3 is 1. The Hall–Kier alpha value is -1.94. The lowest BCUT2D eigenvalue weighted by atomic mass is 10.1. The van der Waals surface area contributed by atoms with Crippen LogP contribution in [0.5, 0.6) is 0 Å². The van der Waals surface area contributed by atoms with Crippen LogP contribution in [-0.2, 0) is 4.74 Å². The summed E-state index contributed by atoms with van der Waals surface area (Å²) in [5.41, 5.74) is 8.92. The van der Waals surface area contributed by atoms with E-state index in [0.29, 0.717) is 11.3 Å². The Morgan fingerprint density at radius 3 is 2.35 bits per heavy atom. The molecule has 2 aromatic carbocycles. The number of benzene rings is 2. The number of hydrogen-bond acceptors (Lipinski definition) is 4. The van der Waals surface area contributed by atoms with E-state index in [9.17, 15) is 4.79 Å². The molecular formula is C16H17NO2S. The Morgan fingerprint density at radius 2 is 1.75 bits per heavy atom. The number of rotatable bonds is 3. The van der Waals surface area contributed by atoms with Crippen molar-refractivity contribution in [1.29, 1.82) is 0 Å². The molecule has 0 bridgehead atoms. The molecule has 3 nitrogen and oxygen atoms in total. The quantitative estimate of drug-likeness (QED) is 0.688. The van der Waals surface area contributed by atoms with E-state index in [1.807, 2.05) is 13.0 Å². The maximum atomic E-state index is 11.7. The molecule has 0 aromatic heterocycles. The molecule has 0 aliphatic heterocycles. The Bertz CT molecular complexity index is 636. The maximum absolute atomic E-state index is 11.7. The number of ether oxygens (including phenoxy) is 1. The van der Waals surface area contributed by atoms with E-state index in [4.69, 9.17) is 10.5 Å². The Kier molecular flexibility index (Phi) is 4.35. The Morgan fingerprint density at radius 1 is 1.10 bits per heavy atom. The van der Waals surface area contributed by atoms with Crippen molar-refractivity contribution in [3.63, 3.8) is 0 Å². The van der Waals surface area contributed by atoms with Crippen molar-refractivity contribution in [3.8, 4) is 0 Å². The monoisotopic (exact) mass is 287 g/mol. The predicted octanol–water partition coefficient (Wildman–Crippen LogP) is 3.82. The molecular weight excluding hydrogens is 270 g/mol. The van der Waals surface area contributed by atoms with Gasteiger partial charge in [0, 0.05) is 15.5 Å². The molecule has 0 spiro atoms. The summed E-state index contributed by atoms with van der Waals surface area (Å²) in [6, 6.07) is 12.0. The Labute approximate surface area is 123 Å². The molecule has 2 rings (SSSR count). The van der Waals surface area contributed by atoms with Crippen LogP contribution in [0.4, 0.5) is 5.69 Å². The highest BCUT2D eigenvalue weighted by atomic mass is 32.2. The topological polar surface area (TPSA) is 52.3 Å². The molecule has 0 aliphatic carbocycles. The second-order valence-corrected chi connectivity index (χ2v) is 5.76. The average molecular weight is 287 g/mol. The summed E-state index contributed by atoms with van der Waals surface area (Å²) >= 11 is 1.60. The highest BCUT2D eigenvalue weighted by Gasteiger charge is 2.13. The molecule has 0 radical (unpaired) electrons. The minimum absolute atomic E-state index is 0.406. The Balaban J connectivity index is 2.35. The normalized spacial score (nSPS) is 10.3. The lowest BCUT2D eigenvalue weighted by Gasteiger charge is -2.10. The van der Waals surface area contributed by atoms with Gasteiger partial charge in [-0.05, 0) is 43.7 Å². The first kappa shape index (κ1) is 14.5. The first-order valence-electron chi connectivity index (χ1n) is 6.24. The van der Waals surface area contributed by atoms with Gasteiger partial charge in [-0.2, -0.15) is 0 Å². The van der Waals surface area contributed by atoms with Crippen molar-refractivity contribution < 1.29 is 9.53 Å². The molecule has 20 heavy (non-hydrogen) atoms. The van der Waals surface area contributed by atoms with Gasteiger partial charge in [0.15, 0.2) is 0 Å². The highest BCUT2D eigenvalue weighted by molar-refractivity contribution is 7.99. The smallest absolute Gasteiger partial charge is 0.340 e. The van der Waals surface area contributed by atoms with Gasteiger partial charge >= 0.3 is 5.97 Å². The fourth-order valence-electron chi connectivity index (χ4n) is 1.85. The van der Waals surface area contributed by atoms with Gasteiger partial charge in [0.2, 0.25) is 0 Å². The number of esters is 1. The third kappa shape index (κ3) is 3.14. The molecule has 0 unspecified atom stereocenters. The van der Waals surface area contributed by atoms with Crippen LogP contribution in [0.3, 0.4) is 0 Å². The standard InChI is InChI=1S/C16H17NO2S/c1-10-4-6-12(7-5-10)20-13-8-11(2)15(17)14(9-13)16(18)19-3/h4-9H,17H2,1-3H3. The van der Waals surface area contributed by atoms with Crippen LogP contribution in [0, 0.1) is 13.8 Å². The summed E-state index contributed by atoms with van der Waals surface area (Å²) in [6.45, 7) is 3.94. The van der Waals surface area contributed by atoms with Crippen molar-refractivity contribution in [1.82, 2.24) is 0 Å². The number of anilines is 1. The first-order chi connectivity index (χ1) is 9.51. The zero-order chi connectivity index (χ0) is 14.7. The zero-order valence-electron chi connectivity index (χ0n) is 11.8. The van der Waals surface area contributed by atoms with E-state index in [0.717, 1.165) is 15.4 Å². The predicted molar refractivity (Wildman–Crippen MR) is 82.2 cm³/mol. The van der Waals surface area contributed by atoms with Crippen LogP contribution in [0.2, 0.25) is 0 Å². The van der Waals surface area contributed by atoms with Gasteiger partial charge in [-0.3, -0.25) is 0 Å². The van der Waals surface area contributed by atoms with Crippen LogP contribution in [0.1, 0.15) is 21.5 Å². The van der Waals surface area contributed by atoms with Crippen molar-refractivity contribution in [2.75, 3.05) is 12.8 Å². The van der Waals surface area contributed by atoms with Crippen molar-refractivity contribution in [2.24, 2.45) is 0 Å². The molecule has 0 saturated heterocycles. The fourth-order valence-corrected chi connectivity index (χ4v) is 2.80. The van der Waals surface area contributed by atoms with E-state index in [1.165, 1.54) is 12.7 Å². The number of hydrogen-bond donors (Lipinski definition) is 1. The van der Waals surface area contributed by atoms with Crippen LogP contribution < -0.4 is 5.73 Å². The number of nitrogens with two attached hydrogens (primary N) is 1. The van der Waals surface area contributed by atoms with E-state index < -0.39 is 5.97 Å². The summed E-state index contributed by atoms with van der Waals surface area (Å²) in [5, 5.41) is 0. The summed E-state index contributed by atoms with van der Waals surface area (Å²) in [7, 11) is 1.36. The zero-order valence-corrected chi connectivity index (χ0v) is 12.6. The highest BCUT2D eigenvalue weighted by Crippen LogP contribution is 2.32. The van der Waals surface area contributed by atoms with Gasteiger partial charge in [0.25, 0.3) is 0 Å². The van der Waals surface area contributed by atoms with Gasteiger partial charge in [-0.25, -0.2) is 4.79 Å². The fraction of sp³-hybridized carbons (Fsp3) is 0.188. The van der Waals surface area contributed by atoms with Crippen molar-refractivity contribution >= 4 is 23.4 Å². The summed E-state index contributed by atoms with van der Waals surface area (Å²) in [6.07, 6.45) is 0. The first-order valence-corrected chi connectivity index (χ1v) is 7.06. The minimum Gasteiger partial charge on any atom is -0.465 e. The summed E-state index contributed by atoms with van der Waals surface area (Å²) < 4.78 is 4.76. The van der Waals surface area contributed by atoms with Gasteiger partial charge in [0.05, 0.1) is 12.7 Å². The van der Waals surface area contributed by atoms with Crippen LogP contribution in [0.25, 0.3) is 0 Å². The van der Waals surface area contributed by atoms with Gasteiger partial charge in [-0.15, -0.1) is 0 Å². The molecule has 0 heterocycles. The molecule has 0 saturated carbocycles. The van der Waals surface area contributed by atoms with Gasteiger partial charge in [-0.1, -0.05) is 29.5 Å². The molecule has 2 N–H and O–H groups in total. The van der Waals surface area contributed by atoms with Gasteiger partial charge < -0.3 is 10.5 Å². The molecule has 2 aromatic rings. The number of carbonyl (C=O) groups is 1. The average Bonchev–Trinajstić information content (AvgIpc) is 2.44. The summed E-state index contributed by atoms with van der Waals surface area (Å²) in [5.74, 6) is -0.406. The lowest BCUT2D eigenvalue weighted by Crippen LogP contribution is -2.07. The molecule has 0 aliphatic rings. The molecule has 0 amide bonds. The summed E-state index contributed by atoms with van der Waals surface area (Å²) in [4.78, 5) is 13.8. The third-order valence-corrected chi connectivity index (χ3v) is 4.00. The third-order valence-electron chi connectivity index (χ3n) is 3.02. The van der Waals surface area contributed by atoms with Crippen LogP contribution in [0.15, 0.2) is 46.2 Å². The molecule has 0 fully saturated rings. The minimum atomic E-state index is -0.406. The largest absolute Gasteiger partial charge is 0.465 e.